The molecule has 0 radical (unpaired) electrons. The lowest BCUT2D eigenvalue weighted by Crippen LogP contribution is -2.17. The SMILES string of the molecule is Cc1cc(C)nc(-c2csc(NC(=O)c3cnnn3-c3ccccn3)n2)c1. The van der Waals surface area contributed by atoms with E-state index in [-0.39, 0.29) is 11.6 Å². The van der Waals surface area contributed by atoms with Crippen molar-refractivity contribution in [2.75, 3.05) is 5.32 Å². The second-order valence-electron chi connectivity index (χ2n) is 5.88. The summed E-state index contributed by atoms with van der Waals surface area (Å²) in [6, 6.07) is 9.32. The van der Waals surface area contributed by atoms with Gasteiger partial charge < -0.3 is 0 Å². The summed E-state index contributed by atoms with van der Waals surface area (Å²) in [4.78, 5) is 25.8. The van der Waals surface area contributed by atoms with Crippen molar-refractivity contribution in [3.05, 3.63) is 65.1 Å². The van der Waals surface area contributed by atoms with Crippen LogP contribution in [-0.4, -0.2) is 35.9 Å². The van der Waals surface area contributed by atoms with Crippen LogP contribution >= 0.6 is 11.3 Å². The monoisotopic (exact) mass is 377 g/mol. The summed E-state index contributed by atoms with van der Waals surface area (Å²) in [5.74, 6) is 0.152. The van der Waals surface area contributed by atoms with E-state index in [0.717, 1.165) is 22.6 Å². The highest BCUT2D eigenvalue weighted by molar-refractivity contribution is 7.14. The number of nitrogens with zero attached hydrogens (tertiary/aromatic N) is 6. The van der Waals surface area contributed by atoms with Crippen molar-refractivity contribution < 1.29 is 4.79 Å². The lowest BCUT2D eigenvalue weighted by Gasteiger charge is -2.04. The number of amides is 1. The van der Waals surface area contributed by atoms with Gasteiger partial charge in [0.1, 0.15) is 5.69 Å². The molecule has 1 amide bonds. The smallest absolute Gasteiger partial charge is 0.277 e. The molecule has 0 spiro atoms. The highest BCUT2D eigenvalue weighted by Gasteiger charge is 2.17. The third-order valence-corrected chi connectivity index (χ3v) is 4.49. The molecule has 0 bridgehead atoms. The molecule has 0 aliphatic carbocycles. The lowest BCUT2D eigenvalue weighted by molar-refractivity contribution is 0.101. The van der Waals surface area contributed by atoms with Crippen molar-refractivity contribution in [2.45, 2.75) is 13.8 Å². The topological polar surface area (TPSA) is 98.5 Å². The largest absolute Gasteiger partial charge is 0.296 e. The number of hydrogen-bond acceptors (Lipinski definition) is 7. The number of carbonyl (C=O) groups excluding carboxylic acids is 1. The summed E-state index contributed by atoms with van der Waals surface area (Å²) in [7, 11) is 0. The van der Waals surface area contributed by atoms with E-state index in [9.17, 15) is 4.79 Å². The van der Waals surface area contributed by atoms with Crippen molar-refractivity contribution in [1.29, 1.82) is 0 Å². The predicted octanol–water partition coefficient (Wildman–Crippen LogP) is 3.05. The number of hydrogen-bond donors (Lipinski definition) is 1. The highest BCUT2D eigenvalue weighted by Crippen LogP contribution is 2.25. The fourth-order valence-electron chi connectivity index (χ4n) is 2.62. The van der Waals surface area contributed by atoms with Crippen molar-refractivity contribution in [3.63, 3.8) is 0 Å². The van der Waals surface area contributed by atoms with Crippen molar-refractivity contribution >= 4 is 22.4 Å². The first-order chi connectivity index (χ1) is 13.1. The summed E-state index contributed by atoms with van der Waals surface area (Å²) in [5, 5.41) is 12.9. The Labute approximate surface area is 159 Å². The van der Waals surface area contributed by atoms with Crippen LogP contribution in [0.25, 0.3) is 17.2 Å². The second kappa shape index (κ2) is 7.04. The van der Waals surface area contributed by atoms with E-state index in [1.54, 1.807) is 18.3 Å². The Bertz CT molecular complexity index is 1080. The maximum absolute atomic E-state index is 12.6. The van der Waals surface area contributed by atoms with E-state index in [1.165, 1.54) is 22.2 Å². The van der Waals surface area contributed by atoms with Crippen LogP contribution < -0.4 is 5.32 Å². The number of anilines is 1. The normalized spacial score (nSPS) is 10.7. The molecule has 4 rings (SSSR count). The maximum Gasteiger partial charge on any atom is 0.277 e. The lowest BCUT2D eigenvalue weighted by atomic mass is 10.2. The van der Waals surface area contributed by atoms with Gasteiger partial charge in [-0.15, -0.1) is 16.4 Å². The number of aromatic nitrogens is 6. The van der Waals surface area contributed by atoms with Gasteiger partial charge in [-0.1, -0.05) is 11.3 Å². The number of aryl methyl sites for hydroxylation is 2. The Morgan fingerprint density at radius 2 is 2.04 bits per heavy atom. The molecule has 0 aromatic carbocycles. The highest BCUT2D eigenvalue weighted by atomic mass is 32.1. The van der Waals surface area contributed by atoms with Gasteiger partial charge in [0.05, 0.1) is 11.9 Å². The van der Waals surface area contributed by atoms with E-state index in [0.29, 0.717) is 10.9 Å². The maximum atomic E-state index is 12.6. The zero-order chi connectivity index (χ0) is 18.8. The molecule has 0 fully saturated rings. The van der Waals surface area contributed by atoms with Crippen LogP contribution in [0.1, 0.15) is 21.7 Å². The van der Waals surface area contributed by atoms with Crippen LogP contribution in [0.4, 0.5) is 5.13 Å². The molecular weight excluding hydrogens is 362 g/mol. The molecule has 0 saturated carbocycles. The van der Waals surface area contributed by atoms with Gasteiger partial charge in [-0.3, -0.25) is 15.1 Å². The number of rotatable bonds is 4. The van der Waals surface area contributed by atoms with Gasteiger partial charge >= 0.3 is 0 Å². The quantitative estimate of drug-likeness (QED) is 0.587. The van der Waals surface area contributed by atoms with E-state index < -0.39 is 0 Å². The number of nitrogens with one attached hydrogen (secondary N) is 1. The number of carbonyl (C=O) groups is 1. The molecule has 9 heteroatoms. The molecule has 0 aliphatic rings. The molecule has 0 unspecified atom stereocenters. The third-order valence-electron chi connectivity index (χ3n) is 3.73. The van der Waals surface area contributed by atoms with Crippen molar-refractivity contribution in [3.8, 4) is 17.2 Å². The molecule has 8 nitrogen and oxygen atoms in total. The van der Waals surface area contributed by atoms with Gasteiger partial charge in [0.15, 0.2) is 16.6 Å². The third kappa shape index (κ3) is 3.58. The Morgan fingerprint density at radius 3 is 2.81 bits per heavy atom. The molecule has 4 heterocycles. The zero-order valence-electron chi connectivity index (χ0n) is 14.6. The average Bonchev–Trinajstić information content (AvgIpc) is 3.31. The molecule has 134 valence electrons. The van der Waals surface area contributed by atoms with E-state index in [1.807, 2.05) is 37.4 Å². The Morgan fingerprint density at radius 1 is 1.15 bits per heavy atom. The number of thiazole rings is 1. The van der Waals surface area contributed by atoms with E-state index in [2.05, 4.69) is 30.6 Å². The molecule has 1 N–H and O–H groups in total. The number of pyridine rings is 2. The summed E-state index contributed by atoms with van der Waals surface area (Å²) >= 11 is 1.33. The van der Waals surface area contributed by atoms with Crippen LogP contribution in [0.15, 0.2) is 48.1 Å². The van der Waals surface area contributed by atoms with Gasteiger partial charge in [-0.25, -0.2) is 9.97 Å². The molecule has 0 atom stereocenters. The Kier molecular flexibility index (Phi) is 4.43. The van der Waals surface area contributed by atoms with Gasteiger partial charge in [-0.2, -0.15) is 4.68 Å². The van der Waals surface area contributed by atoms with E-state index >= 15 is 0 Å². The Hall–Kier alpha value is -3.46. The van der Waals surface area contributed by atoms with Gasteiger partial charge in [-0.05, 0) is 43.7 Å². The van der Waals surface area contributed by atoms with Gasteiger partial charge in [0, 0.05) is 17.3 Å². The van der Waals surface area contributed by atoms with Crippen LogP contribution in [0, 0.1) is 13.8 Å². The molecule has 27 heavy (non-hydrogen) atoms. The fraction of sp³-hybridized carbons (Fsp3) is 0.111. The molecule has 0 saturated heterocycles. The minimum Gasteiger partial charge on any atom is -0.296 e. The van der Waals surface area contributed by atoms with Crippen LogP contribution in [0.2, 0.25) is 0 Å². The fourth-order valence-corrected chi connectivity index (χ4v) is 3.32. The standard InChI is InChI=1S/C18H15N7OS/c1-11-7-12(2)21-13(8-11)14-10-27-18(22-14)23-17(26)15-9-20-24-25(15)16-5-3-4-6-19-16/h3-10H,1-2H3,(H,22,23,26). The van der Waals surface area contributed by atoms with Crippen LogP contribution in [0.3, 0.4) is 0 Å². The first-order valence-electron chi connectivity index (χ1n) is 8.15. The first kappa shape index (κ1) is 17.0. The van der Waals surface area contributed by atoms with Crippen molar-refractivity contribution in [1.82, 2.24) is 29.9 Å². The molecular formula is C18H15N7OS. The minimum atomic E-state index is -0.361. The van der Waals surface area contributed by atoms with E-state index in [4.69, 9.17) is 0 Å². The van der Waals surface area contributed by atoms with Crippen LogP contribution in [-0.2, 0) is 0 Å². The Balaban J connectivity index is 1.57. The summed E-state index contributed by atoms with van der Waals surface area (Å²) in [6.45, 7) is 3.95. The minimum absolute atomic E-state index is 0.273. The van der Waals surface area contributed by atoms with Gasteiger partial charge in [0.2, 0.25) is 0 Å². The second-order valence-corrected chi connectivity index (χ2v) is 6.74. The average molecular weight is 377 g/mol. The molecule has 0 aliphatic heterocycles. The predicted molar refractivity (Wildman–Crippen MR) is 102 cm³/mol. The van der Waals surface area contributed by atoms with Gasteiger partial charge in [0.25, 0.3) is 5.91 Å². The summed E-state index contributed by atoms with van der Waals surface area (Å²) in [6.07, 6.45) is 3.02. The summed E-state index contributed by atoms with van der Waals surface area (Å²) in [5.41, 5.74) is 3.81. The molecule has 4 aromatic heterocycles. The summed E-state index contributed by atoms with van der Waals surface area (Å²) < 4.78 is 1.38. The van der Waals surface area contributed by atoms with Crippen LogP contribution in [0.5, 0.6) is 0 Å². The first-order valence-corrected chi connectivity index (χ1v) is 9.03. The zero-order valence-corrected chi connectivity index (χ0v) is 15.4. The molecule has 4 aromatic rings. The van der Waals surface area contributed by atoms with Crippen molar-refractivity contribution in [2.24, 2.45) is 0 Å².